The van der Waals surface area contributed by atoms with Crippen molar-refractivity contribution in [3.05, 3.63) is 58.9 Å². The Kier molecular flexibility index (Phi) is 5.94. The Bertz CT molecular complexity index is 1040. The van der Waals surface area contributed by atoms with Crippen LogP contribution in [-0.4, -0.2) is 36.7 Å². The lowest BCUT2D eigenvalue weighted by atomic mass is 9.70. The zero-order chi connectivity index (χ0) is 23.2. The first-order valence-corrected chi connectivity index (χ1v) is 12.4. The van der Waals surface area contributed by atoms with Gasteiger partial charge in [-0.1, -0.05) is 45.0 Å². The molecule has 176 valence electrons. The molecular formula is C28H35FN2O2. The molecule has 0 radical (unpaired) electrons. The fourth-order valence-corrected chi connectivity index (χ4v) is 5.93. The summed E-state index contributed by atoms with van der Waals surface area (Å²) in [5.41, 5.74) is 4.55. The third-order valence-electron chi connectivity index (χ3n) is 8.12. The highest BCUT2D eigenvalue weighted by Crippen LogP contribution is 2.45. The van der Waals surface area contributed by atoms with E-state index in [1.807, 2.05) is 18.2 Å². The van der Waals surface area contributed by atoms with Crippen molar-refractivity contribution in [2.45, 2.75) is 65.0 Å². The van der Waals surface area contributed by atoms with E-state index in [0.29, 0.717) is 11.5 Å². The molecule has 2 aromatic rings. The minimum atomic E-state index is -0.375. The molecule has 0 unspecified atom stereocenters. The molecule has 2 bridgehead atoms. The van der Waals surface area contributed by atoms with Crippen LogP contribution in [0.25, 0.3) is 11.1 Å². The molecule has 6 rings (SSSR count). The van der Waals surface area contributed by atoms with Crippen molar-refractivity contribution in [3.8, 4) is 11.1 Å². The van der Waals surface area contributed by atoms with Gasteiger partial charge < -0.3 is 10.1 Å². The zero-order valence-corrected chi connectivity index (χ0v) is 20.0. The highest BCUT2D eigenvalue weighted by Gasteiger charge is 2.40. The number of carbonyl (C=O) groups excluding carboxylic acids is 1. The van der Waals surface area contributed by atoms with E-state index in [0.717, 1.165) is 68.4 Å². The summed E-state index contributed by atoms with van der Waals surface area (Å²) in [5, 5.41) is 3.13. The van der Waals surface area contributed by atoms with Crippen molar-refractivity contribution in [1.82, 2.24) is 10.2 Å². The Hall–Kier alpha value is -2.40. The number of hydrogen-bond acceptors (Lipinski definition) is 3. The van der Waals surface area contributed by atoms with Gasteiger partial charge in [-0.05, 0) is 90.9 Å². The number of alkyl carbamates (subject to hydrolysis) is 1. The number of fused-ring (bicyclic) bond motifs is 4. The second kappa shape index (κ2) is 8.75. The molecule has 2 aromatic carbocycles. The third-order valence-corrected chi connectivity index (χ3v) is 8.12. The first-order valence-electron chi connectivity index (χ1n) is 12.4. The molecule has 3 heterocycles. The van der Waals surface area contributed by atoms with Crippen LogP contribution in [-0.2, 0) is 17.6 Å². The van der Waals surface area contributed by atoms with Crippen molar-refractivity contribution in [3.63, 3.8) is 0 Å². The molecule has 4 aliphatic rings. The number of nitrogens with one attached hydrogen (secondary N) is 1. The maximum Gasteiger partial charge on any atom is 0.407 e. The molecular weight excluding hydrogens is 415 g/mol. The number of rotatable bonds is 4. The number of aryl methyl sites for hydroxylation is 2. The zero-order valence-electron chi connectivity index (χ0n) is 20.0. The summed E-state index contributed by atoms with van der Waals surface area (Å²) < 4.78 is 21.3. The maximum absolute atomic E-state index is 15.4. The number of nitrogens with zero attached hydrogens (tertiary/aromatic N) is 1. The minimum Gasteiger partial charge on any atom is -0.445 e. The Labute approximate surface area is 196 Å². The van der Waals surface area contributed by atoms with Gasteiger partial charge in [0, 0.05) is 12.1 Å². The number of ether oxygens (including phenoxy) is 1. The number of carbonyl (C=O) groups is 1. The van der Waals surface area contributed by atoms with E-state index < -0.39 is 0 Å². The molecule has 1 N–H and O–H groups in total. The molecule has 4 nitrogen and oxygen atoms in total. The van der Waals surface area contributed by atoms with Gasteiger partial charge in [0.15, 0.2) is 0 Å². The Morgan fingerprint density at radius 2 is 2.00 bits per heavy atom. The lowest BCUT2D eigenvalue weighted by molar-refractivity contribution is -0.0353. The van der Waals surface area contributed by atoms with E-state index in [9.17, 15) is 4.79 Å². The van der Waals surface area contributed by atoms with Crippen molar-refractivity contribution in [2.24, 2.45) is 11.3 Å². The molecule has 0 saturated carbocycles. The fourth-order valence-electron chi connectivity index (χ4n) is 5.93. The van der Waals surface area contributed by atoms with E-state index in [1.54, 1.807) is 6.07 Å². The van der Waals surface area contributed by atoms with Gasteiger partial charge in [-0.15, -0.1) is 0 Å². The molecule has 0 aromatic heterocycles. The van der Waals surface area contributed by atoms with Crippen LogP contribution < -0.4 is 5.32 Å². The summed E-state index contributed by atoms with van der Waals surface area (Å²) in [7, 11) is 0. The Balaban J connectivity index is 1.39. The molecule has 3 aliphatic heterocycles. The number of halogens is 1. The van der Waals surface area contributed by atoms with E-state index in [2.05, 4.69) is 43.1 Å². The van der Waals surface area contributed by atoms with Gasteiger partial charge in [0.2, 0.25) is 0 Å². The van der Waals surface area contributed by atoms with E-state index >= 15 is 4.39 Å². The average Bonchev–Trinajstić information content (AvgIpc) is 2.81. The van der Waals surface area contributed by atoms with Crippen LogP contribution >= 0.6 is 0 Å². The summed E-state index contributed by atoms with van der Waals surface area (Å²) in [6.45, 7) is 9.44. The summed E-state index contributed by atoms with van der Waals surface area (Å²) in [4.78, 5) is 15.3. The maximum atomic E-state index is 15.4. The monoisotopic (exact) mass is 450 g/mol. The van der Waals surface area contributed by atoms with Crippen LogP contribution in [0.5, 0.6) is 0 Å². The largest absolute Gasteiger partial charge is 0.445 e. The standard InChI is InChI=1S/C28H35FN2O2/c1-4-18-6-5-7-20(14-18)22-15-21-8-11-28(2,3)26(23(21)16-24(22)29)30-27(32)33-25-17-31-12-9-19(25)10-13-31/h5-7,14-16,19,25-26H,4,8-13,17H2,1-3H3,(H,30,32)/t25-,26+/m1/s1. The number of piperidine rings is 3. The molecule has 5 heteroatoms. The molecule has 33 heavy (non-hydrogen) atoms. The van der Waals surface area contributed by atoms with Gasteiger partial charge in [-0.3, -0.25) is 4.90 Å². The van der Waals surface area contributed by atoms with E-state index in [-0.39, 0.29) is 29.5 Å². The van der Waals surface area contributed by atoms with Crippen molar-refractivity contribution < 1.29 is 13.9 Å². The van der Waals surface area contributed by atoms with Crippen LogP contribution in [0.1, 0.15) is 62.8 Å². The first-order chi connectivity index (χ1) is 15.8. The van der Waals surface area contributed by atoms with Gasteiger partial charge >= 0.3 is 6.09 Å². The Morgan fingerprint density at radius 1 is 1.21 bits per heavy atom. The highest BCUT2D eigenvalue weighted by atomic mass is 19.1. The van der Waals surface area contributed by atoms with Gasteiger partial charge in [-0.2, -0.15) is 0 Å². The second-order valence-corrected chi connectivity index (χ2v) is 10.7. The normalized spacial score (nSPS) is 27.6. The van der Waals surface area contributed by atoms with Crippen LogP contribution in [0, 0.1) is 17.2 Å². The number of amides is 1. The Morgan fingerprint density at radius 3 is 2.70 bits per heavy atom. The third kappa shape index (κ3) is 4.40. The molecule has 2 atom stereocenters. The minimum absolute atomic E-state index is 0.0383. The fraction of sp³-hybridized carbons (Fsp3) is 0.536. The quantitative estimate of drug-likeness (QED) is 0.632. The summed E-state index contributed by atoms with van der Waals surface area (Å²) >= 11 is 0. The molecule has 1 aliphatic carbocycles. The van der Waals surface area contributed by atoms with Crippen molar-refractivity contribution in [2.75, 3.05) is 19.6 Å². The second-order valence-electron chi connectivity index (χ2n) is 10.7. The smallest absolute Gasteiger partial charge is 0.407 e. The lowest BCUT2D eigenvalue weighted by Gasteiger charge is -2.44. The van der Waals surface area contributed by atoms with Crippen molar-refractivity contribution >= 4 is 6.09 Å². The lowest BCUT2D eigenvalue weighted by Crippen LogP contribution is -2.53. The van der Waals surface area contributed by atoms with Crippen LogP contribution in [0.2, 0.25) is 0 Å². The van der Waals surface area contributed by atoms with Crippen LogP contribution in [0.15, 0.2) is 36.4 Å². The van der Waals surface area contributed by atoms with Crippen molar-refractivity contribution in [1.29, 1.82) is 0 Å². The van der Waals surface area contributed by atoms with E-state index in [4.69, 9.17) is 4.74 Å². The highest BCUT2D eigenvalue weighted by molar-refractivity contribution is 5.70. The van der Waals surface area contributed by atoms with Gasteiger partial charge in [0.05, 0.1) is 6.04 Å². The molecule has 0 spiro atoms. The van der Waals surface area contributed by atoms with Crippen LogP contribution in [0.4, 0.5) is 9.18 Å². The molecule has 1 amide bonds. The van der Waals surface area contributed by atoms with Gasteiger partial charge in [0.1, 0.15) is 11.9 Å². The predicted octanol–water partition coefficient (Wildman–Crippen LogP) is 5.89. The van der Waals surface area contributed by atoms with E-state index in [1.165, 1.54) is 5.56 Å². The first kappa shape index (κ1) is 22.4. The molecule has 3 fully saturated rings. The molecule has 3 saturated heterocycles. The SMILES string of the molecule is CCc1cccc(-c2cc3c(cc2F)[C@H](NC(=O)O[C@@H]2CN4CCC2CC4)C(C)(C)CC3)c1. The van der Waals surface area contributed by atoms with Crippen LogP contribution in [0.3, 0.4) is 0 Å². The number of hydrogen-bond donors (Lipinski definition) is 1. The van der Waals surface area contributed by atoms with Gasteiger partial charge in [-0.25, -0.2) is 9.18 Å². The van der Waals surface area contributed by atoms with Gasteiger partial charge in [0.25, 0.3) is 0 Å². The number of benzene rings is 2. The summed E-state index contributed by atoms with van der Waals surface area (Å²) in [6.07, 6.45) is 4.50. The average molecular weight is 451 g/mol. The topological polar surface area (TPSA) is 41.6 Å². The summed E-state index contributed by atoms with van der Waals surface area (Å²) in [6, 6.07) is 11.5. The summed E-state index contributed by atoms with van der Waals surface area (Å²) in [5.74, 6) is 0.226. The predicted molar refractivity (Wildman–Crippen MR) is 129 cm³/mol.